The monoisotopic (exact) mass is 355 g/mol. The van der Waals surface area contributed by atoms with Gasteiger partial charge < -0.3 is 19.3 Å². The highest BCUT2D eigenvalue weighted by Crippen LogP contribution is 2.46. The zero-order valence-corrected chi connectivity index (χ0v) is 15.7. The van der Waals surface area contributed by atoms with Crippen LogP contribution in [0.3, 0.4) is 0 Å². The van der Waals surface area contributed by atoms with Gasteiger partial charge in [0.25, 0.3) is 0 Å². The molecule has 0 saturated heterocycles. The van der Waals surface area contributed by atoms with Gasteiger partial charge in [0.2, 0.25) is 0 Å². The number of aromatic hydroxyl groups is 1. The Morgan fingerprint density at radius 1 is 0.923 bits per heavy atom. The number of phenolic OH excluding ortho intramolecular Hbond substituents is 1. The van der Waals surface area contributed by atoms with Gasteiger partial charge in [-0.3, -0.25) is 4.90 Å². The number of rotatable bonds is 3. The van der Waals surface area contributed by atoms with Crippen molar-refractivity contribution >= 4 is 0 Å². The Balaban J connectivity index is 1.81. The van der Waals surface area contributed by atoms with Crippen molar-refractivity contribution in [1.29, 1.82) is 0 Å². The fourth-order valence-electron chi connectivity index (χ4n) is 4.42. The Hall–Kier alpha value is -2.40. The molecule has 0 unspecified atom stereocenters. The minimum absolute atomic E-state index is 0.203. The first-order chi connectivity index (χ1) is 12.5. The first-order valence-corrected chi connectivity index (χ1v) is 8.95. The Kier molecular flexibility index (Phi) is 4.19. The number of benzene rings is 2. The van der Waals surface area contributed by atoms with Gasteiger partial charge in [0, 0.05) is 30.3 Å². The predicted octanol–water partition coefficient (Wildman–Crippen LogP) is 3.46. The topological polar surface area (TPSA) is 51.2 Å². The summed E-state index contributed by atoms with van der Waals surface area (Å²) in [5.41, 5.74) is 4.93. The van der Waals surface area contributed by atoms with Crippen molar-refractivity contribution in [3.63, 3.8) is 0 Å². The number of methoxy groups -OCH3 is 3. The lowest BCUT2D eigenvalue weighted by molar-refractivity contribution is 0.104. The van der Waals surface area contributed by atoms with Gasteiger partial charge in [0.1, 0.15) is 11.5 Å². The highest BCUT2D eigenvalue weighted by Gasteiger charge is 2.37. The third-order valence-electron chi connectivity index (χ3n) is 5.77. The zero-order valence-electron chi connectivity index (χ0n) is 15.7. The summed E-state index contributed by atoms with van der Waals surface area (Å²) in [5, 5.41) is 10.3. The van der Waals surface area contributed by atoms with Crippen molar-refractivity contribution in [2.24, 2.45) is 0 Å². The smallest absolute Gasteiger partial charge is 0.160 e. The van der Waals surface area contributed by atoms with Crippen LogP contribution >= 0.6 is 0 Å². The lowest BCUT2D eigenvalue weighted by Crippen LogP contribution is -2.45. The van der Waals surface area contributed by atoms with E-state index in [0.29, 0.717) is 11.8 Å². The number of ether oxygens (including phenoxy) is 3. The molecule has 0 radical (unpaired) electrons. The minimum atomic E-state index is 0.203. The average Bonchev–Trinajstić information content (AvgIpc) is 2.66. The predicted molar refractivity (Wildman–Crippen MR) is 99.4 cm³/mol. The first kappa shape index (κ1) is 17.0. The quantitative estimate of drug-likeness (QED) is 0.914. The van der Waals surface area contributed by atoms with Crippen molar-refractivity contribution < 1.29 is 19.3 Å². The highest BCUT2D eigenvalue weighted by atomic mass is 16.5. The van der Waals surface area contributed by atoms with Gasteiger partial charge in [-0.05, 0) is 54.7 Å². The fraction of sp³-hybridized carbons (Fsp3) is 0.429. The van der Waals surface area contributed by atoms with Gasteiger partial charge in [-0.15, -0.1) is 0 Å². The molecule has 0 fully saturated rings. The average molecular weight is 355 g/mol. The van der Waals surface area contributed by atoms with Crippen LogP contribution in [0, 0.1) is 0 Å². The molecule has 2 aromatic rings. The number of fused-ring (bicyclic) bond motifs is 4. The summed E-state index contributed by atoms with van der Waals surface area (Å²) in [7, 11) is 4.98. The number of phenols is 1. The van der Waals surface area contributed by atoms with Crippen LogP contribution in [0.2, 0.25) is 0 Å². The standard InChI is InChI=1S/C21H25NO4/c1-12-5-13-8-21(26-4)19(23)10-16(13)18-7-14-6-15(24-2)9-20(25-3)17(14)11-22(12)18/h6,8-10,12,18,23H,5,7,11H2,1-4H3/t12-,18+/m1/s1. The molecule has 0 spiro atoms. The zero-order chi connectivity index (χ0) is 18.4. The lowest BCUT2D eigenvalue weighted by atomic mass is 9.81. The van der Waals surface area contributed by atoms with Gasteiger partial charge in [-0.25, -0.2) is 0 Å². The molecule has 5 nitrogen and oxygen atoms in total. The van der Waals surface area contributed by atoms with Crippen LogP contribution in [0.1, 0.15) is 35.2 Å². The molecule has 0 bridgehead atoms. The normalized spacial score (nSPS) is 21.4. The summed E-state index contributed by atoms with van der Waals surface area (Å²) in [4.78, 5) is 2.51. The van der Waals surface area contributed by atoms with Crippen LogP contribution in [0.15, 0.2) is 24.3 Å². The Labute approximate surface area is 154 Å². The van der Waals surface area contributed by atoms with E-state index in [1.165, 1.54) is 22.3 Å². The van der Waals surface area contributed by atoms with Crippen LogP contribution in [-0.4, -0.2) is 37.4 Å². The molecular formula is C21H25NO4. The Bertz CT molecular complexity index is 848. The number of nitrogens with zero attached hydrogens (tertiary/aromatic N) is 1. The molecule has 0 aliphatic carbocycles. The molecule has 1 N–H and O–H groups in total. The molecule has 4 rings (SSSR count). The van der Waals surface area contributed by atoms with E-state index in [2.05, 4.69) is 17.9 Å². The maximum absolute atomic E-state index is 10.3. The van der Waals surface area contributed by atoms with Crippen LogP contribution in [0.4, 0.5) is 0 Å². The Morgan fingerprint density at radius 2 is 1.69 bits per heavy atom. The van der Waals surface area contributed by atoms with E-state index in [9.17, 15) is 5.11 Å². The van der Waals surface area contributed by atoms with Crippen molar-refractivity contribution in [3.8, 4) is 23.0 Å². The second-order valence-electron chi connectivity index (χ2n) is 7.14. The third-order valence-corrected chi connectivity index (χ3v) is 5.77. The first-order valence-electron chi connectivity index (χ1n) is 8.95. The van der Waals surface area contributed by atoms with Crippen molar-refractivity contribution in [2.75, 3.05) is 21.3 Å². The molecule has 0 amide bonds. The summed E-state index contributed by atoms with van der Waals surface area (Å²) in [6, 6.07) is 8.56. The van der Waals surface area contributed by atoms with Crippen LogP contribution in [0.5, 0.6) is 23.0 Å². The highest BCUT2D eigenvalue weighted by molar-refractivity contribution is 5.53. The largest absolute Gasteiger partial charge is 0.504 e. The van der Waals surface area contributed by atoms with E-state index in [-0.39, 0.29) is 11.8 Å². The van der Waals surface area contributed by atoms with Gasteiger partial charge in [0.15, 0.2) is 11.5 Å². The van der Waals surface area contributed by atoms with E-state index in [1.807, 2.05) is 18.2 Å². The molecule has 2 aromatic carbocycles. The Morgan fingerprint density at radius 3 is 2.38 bits per heavy atom. The fourth-order valence-corrected chi connectivity index (χ4v) is 4.42. The molecule has 2 aliphatic rings. The van der Waals surface area contributed by atoms with Crippen LogP contribution < -0.4 is 14.2 Å². The maximum Gasteiger partial charge on any atom is 0.160 e. The lowest BCUT2D eigenvalue weighted by Gasteiger charge is -2.45. The number of hydrogen-bond donors (Lipinski definition) is 1. The van der Waals surface area contributed by atoms with E-state index < -0.39 is 0 Å². The summed E-state index contributed by atoms with van der Waals surface area (Å²) < 4.78 is 16.4. The third kappa shape index (κ3) is 2.58. The van der Waals surface area contributed by atoms with Gasteiger partial charge in [0.05, 0.1) is 21.3 Å². The van der Waals surface area contributed by atoms with Gasteiger partial charge >= 0.3 is 0 Å². The summed E-state index contributed by atoms with van der Waals surface area (Å²) in [5.74, 6) is 2.45. The van der Waals surface area contributed by atoms with Crippen LogP contribution in [0.25, 0.3) is 0 Å². The summed E-state index contributed by atoms with van der Waals surface area (Å²) in [6.07, 6.45) is 1.81. The van der Waals surface area contributed by atoms with Crippen molar-refractivity contribution in [1.82, 2.24) is 4.90 Å². The molecule has 138 valence electrons. The van der Waals surface area contributed by atoms with E-state index in [0.717, 1.165) is 30.9 Å². The molecule has 0 aromatic heterocycles. The van der Waals surface area contributed by atoms with Gasteiger partial charge in [-0.1, -0.05) is 0 Å². The summed E-state index contributed by atoms with van der Waals surface area (Å²) >= 11 is 0. The molecule has 26 heavy (non-hydrogen) atoms. The maximum atomic E-state index is 10.3. The second kappa shape index (κ2) is 6.40. The van der Waals surface area contributed by atoms with E-state index in [4.69, 9.17) is 14.2 Å². The molecule has 2 atom stereocenters. The SMILES string of the molecule is COc1cc2c(c(OC)c1)CN1[C@H](C)Cc3cc(OC)c(O)cc3[C@@H]1C2. The molecule has 5 heteroatoms. The molecule has 2 aliphatic heterocycles. The molecule has 2 heterocycles. The second-order valence-corrected chi connectivity index (χ2v) is 7.14. The molecular weight excluding hydrogens is 330 g/mol. The van der Waals surface area contributed by atoms with Crippen LogP contribution in [-0.2, 0) is 19.4 Å². The van der Waals surface area contributed by atoms with E-state index in [1.54, 1.807) is 21.3 Å². The summed E-state index contributed by atoms with van der Waals surface area (Å²) in [6.45, 7) is 3.09. The van der Waals surface area contributed by atoms with Crippen molar-refractivity contribution in [2.45, 2.75) is 38.4 Å². The molecule has 0 saturated carbocycles. The van der Waals surface area contributed by atoms with Crippen molar-refractivity contribution in [3.05, 3.63) is 46.5 Å². The minimum Gasteiger partial charge on any atom is -0.504 e. The van der Waals surface area contributed by atoms with Gasteiger partial charge in [-0.2, -0.15) is 0 Å². The van der Waals surface area contributed by atoms with E-state index >= 15 is 0 Å². The number of hydrogen-bond acceptors (Lipinski definition) is 5.